The van der Waals surface area contributed by atoms with Gasteiger partial charge in [-0.1, -0.05) is 315 Å². The van der Waals surface area contributed by atoms with Crippen LogP contribution in [0.4, 0.5) is 0 Å². The van der Waals surface area contributed by atoms with Crippen LogP contribution in [0.15, 0.2) is 375 Å². The van der Waals surface area contributed by atoms with Crippen molar-refractivity contribution in [1.82, 2.24) is 34.9 Å². The lowest BCUT2D eigenvalue weighted by Crippen LogP contribution is -2.32. The zero-order chi connectivity index (χ0) is 74.3. The van der Waals surface area contributed by atoms with Crippen molar-refractivity contribution in [2.24, 2.45) is 0 Å². The highest BCUT2D eigenvalue weighted by Gasteiger charge is 2.53. The summed E-state index contributed by atoms with van der Waals surface area (Å²) in [7, 11) is 0. The summed E-state index contributed by atoms with van der Waals surface area (Å²) in [5, 5.41) is 2.18. The molecular formula is C103H61N7O3. The van der Waals surface area contributed by atoms with Gasteiger partial charge in [0, 0.05) is 72.6 Å². The zero-order valence-corrected chi connectivity index (χ0v) is 60.6. The van der Waals surface area contributed by atoms with Crippen molar-refractivity contribution in [3.05, 3.63) is 415 Å². The van der Waals surface area contributed by atoms with Crippen molar-refractivity contribution < 1.29 is 13.9 Å². The second-order valence-electron chi connectivity index (χ2n) is 29.2. The molecule has 19 aromatic rings. The summed E-state index contributed by atoms with van der Waals surface area (Å²) in [5.74, 6) is 6.33. The fraction of sp³-hybridized carbons (Fsp3) is 0.0194. The highest BCUT2D eigenvalue weighted by atomic mass is 16.5. The Kier molecular flexibility index (Phi) is 14.3. The maximum Gasteiger partial charge on any atom is 0.182 e. The number of nitrogens with zero attached hydrogens (tertiary/aromatic N) is 7. The Morgan fingerprint density at radius 1 is 0.212 bits per heavy atom. The van der Waals surface area contributed by atoms with E-state index in [-0.39, 0.29) is 0 Å². The van der Waals surface area contributed by atoms with Crippen LogP contribution in [-0.2, 0) is 10.8 Å². The molecular weight excluding hydrogens is 1380 g/mol. The number of pyridine rings is 1. The van der Waals surface area contributed by atoms with Crippen LogP contribution < -0.4 is 9.47 Å². The molecule has 23 rings (SSSR count). The van der Waals surface area contributed by atoms with Crippen LogP contribution in [-0.4, -0.2) is 34.9 Å². The molecule has 4 aliphatic rings. The number of furan rings is 1. The first-order valence-corrected chi connectivity index (χ1v) is 38.1. The van der Waals surface area contributed by atoms with Gasteiger partial charge in [-0.2, -0.15) is 0 Å². The van der Waals surface area contributed by atoms with Crippen molar-refractivity contribution in [2.75, 3.05) is 0 Å². The molecule has 6 heterocycles. The lowest BCUT2D eigenvalue weighted by atomic mass is 9.66. The molecule has 1 unspecified atom stereocenters. The van der Waals surface area contributed by atoms with E-state index in [1.54, 1.807) is 6.20 Å². The highest BCUT2D eigenvalue weighted by Crippen LogP contribution is 2.65. The maximum absolute atomic E-state index is 7.23. The van der Waals surface area contributed by atoms with Gasteiger partial charge in [-0.25, -0.2) is 29.9 Å². The number of benzene rings is 15. The number of fused-ring (bicyclic) bond motifs is 21. The van der Waals surface area contributed by atoms with E-state index in [1.807, 2.05) is 72.8 Å². The number of hydrogen-bond acceptors (Lipinski definition) is 10. The van der Waals surface area contributed by atoms with Gasteiger partial charge in [0.2, 0.25) is 0 Å². The van der Waals surface area contributed by atoms with Crippen LogP contribution >= 0.6 is 0 Å². The number of hydrogen-bond donors (Lipinski definition) is 0. The number of ether oxygens (including phenoxy) is 2. The van der Waals surface area contributed by atoms with Gasteiger partial charge < -0.3 is 13.9 Å². The highest BCUT2D eigenvalue weighted by molar-refractivity contribution is 6.10. The van der Waals surface area contributed by atoms with Crippen LogP contribution in [0.5, 0.6) is 23.0 Å². The number of aromatic nitrogens is 7. The summed E-state index contributed by atoms with van der Waals surface area (Å²) in [5.41, 5.74) is 27.0. The molecule has 526 valence electrons. The molecule has 2 aliphatic heterocycles. The molecule has 0 radical (unpaired) electrons. The molecule has 0 bridgehead atoms. The average molecular weight is 1440 g/mol. The minimum atomic E-state index is -0.791. The summed E-state index contributed by atoms with van der Waals surface area (Å²) < 4.78 is 20.7. The molecule has 113 heavy (non-hydrogen) atoms. The van der Waals surface area contributed by atoms with Gasteiger partial charge in [-0.15, -0.1) is 0 Å². The van der Waals surface area contributed by atoms with E-state index in [1.165, 1.54) is 27.8 Å². The second kappa shape index (κ2) is 25.2. The van der Waals surface area contributed by atoms with Crippen molar-refractivity contribution in [2.45, 2.75) is 10.8 Å². The summed E-state index contributed by atoms with van der Waals surface area (Å²) in [6.07, 6.45) is 1.78. The molecule has 2 spiro atoms. The first-order chi connectivity index (χ1) is 56.0. The molecule has 4 aromatic heterocycles. The Morgan fingerprint density at radius 3 is 1.25 bits per heavy atom. The average Bonchev–Trinajstić information content (AvgIpc) is 1.74. The minimum Gasteiger partial charge on any atom is -0.457 e. The van der Waals surface area contributed by atoms with Crippen LogP contribution in [0.1, 0.15) is 44.5 Å². The van der Waals surface area contributed by atoms with E-state index < -0.39 is 10.8 Å². The van der Waals surface area contributed by atoms with E-state index in [0.29, 0.717) is 40.6 Å². The molecule has 0 saturated heterocycles. The summed E-state index contributed by atoms with van der Waals surface area (Å²) >= 11 is 0. The Morgan fingerprint density at radius 2 is 0.611 bits per heavy atom. The van der Waals surface area contributed by atoms with Gasteiger partial charge in [0.1, 0.15) is 39.9 Å². The first-order valence-electron chi connectivity index (χ1n) is 38.1. The lowest BCUT2D eigenvalue weighted by Gasteiger charge is -2.39. The van der Waals surface area contributed by atoms with E-state index in [9.17, 15) is 0 Å². The Labute approximate surface area is 650 Å². The third-order valence-corrected chi connectivity index (χ3v) is 23.3. The molecule has 0 N–H and O–H groups in total. The zero-order valence-electron chi connectivity index (χ0n) is 60.6. The monoisotopic (exact) mass is 1440 g/mol. The molecule has 10 heteroatoms. The second-order valence-corrected chi connectivity index (χ2v) is 29.2. The molecule has 15 aromatic carbocycles. The SMILES string of the molecule is c1ccc(-c2nc(-c3ccc(-c4cccc5c4oc4ccccc45)cc3)nc(-c3ccccc3-c3ccc4c(c3)Oc3ccccc3C43c4ccccc4-c4c(-c5cccc(-c6nc(-c7ccccn7)nc(-c7ccccc7-c7ccc8c(c7)Oc7ccccc7C87c8ccccc8-c8ccccc87)n6)c5)cccc43)n2)cc1. The number of rotatable bonds is 10. The van der Waals surface area contributed by atoms with Gasteiger partial charge in [0.25, 0.3) is 0 Å². The fourth-order valence-electron chi connectivity index (χ4n) is 18.4. The van der Waals surface area contributed by atoms with Gasteiger partial charge in [-0.3, -0.25) is 4.98 Å². The predicted molar refractivity (Wildman–Crippen MR) is 447 cm³/mol. The van der Waals surface area contributed by atoms with Gasteiger partial charge in [0.05, 0.1) is 10.8 Å². The van der Waals surface area contributed by atoms with Crippen molar-refractivity contribution in [1.29, 1.82) is 0 Å². The van der Waals surface area contributed by atoms with E-state index in [2.05, 4.69) is 291 Å². The van der Waals surface area contributed by atoms with Crippen LogP contribution in [0.2, 0.25) is 0 Å². The lowest BCUT2D eigenvalue weighted by molar-refractivity contribution is 0.436. The molecule has 0 saturated carbocycles. The molecule has 10 nitrogen and oxygen atoms in total. The quantitative estimate of drug-likeness (QED) is 0.131. The molecule has 0 amide bonds. The normalized spacial score (nSPS) is 14.1. The van der Waals surface area contributed by atoms with E-state index >= 15 is 0 Å². The van der Waals surface area contributed by atoms with Gasteiger partial charge >= 0.3 is 0 Å². The van der Waals surface area contributed by atoms with Crippen LogP contribution in [0.25, 0.3) is 157 Å². The fourth-order valence-corrected chi connectivity index (χ4v) is 18.4. The Bertz CT molecular complexity index is 7110. The predicted octanol–water partition coefficient (Wildman–Crippen LogP) is 25.0. The summed E-state index contributed by atoms with van der Waals surface area (Å²) in [6, 6.07) is 128. The third-order valence-electron chi connectivity index (χ3n) is 23.3. The summed E-state index contributed by atoms with van der Waals surface area (Å²) in [6.45, 7) is 0. The summed E-state index contributed by atoms with van der Waals surface area (Å²) in [4.78, 5) is 36.7. The molecule has 0 fully saturated rings. The van der Waals surface area contributed by atoms with Crippen molar-refractivity contribution in [3.8, 4) is 158 Å². The van der Waals surface area contributed by atoms with E-state index in [0.717, 1.165) is 156 Å². The minimum absolute atomic E-state index is 0.459. The Hall–Kier alpha value is -15.1. The van der Waals surface area contributed by atoms with Crippen LogP contribution in [0, 0.1) is 0 Å². The van der Waals surface area contributed by atoms with Crippen molar-refractivity contribution in [3.63, 3.8) is 0 Å². The van der Waals surface area contributed by atoms with Gasteiger partial charge in [0.15, 0.2) is 34.9 Å². The standard InChI is InChI=1S/C103H61N7O3/c1-2-25-63(26-3-1)96-105-97(64-52-50-62(51-53-64)72-38-23-39-76-75-33-11-17-47-89(75)113-95(72)76)107-99(106-96)77-34-6-4-29-69(77)67-55-57-86-93(61-67)112-91-49-19-16-44-84(91)103(86)82-42-14-10-36-79(82)94-71(37-24-45-87(94)103)65-27-22-28-68(59-65)98-108-100(110-101(109-98)88-46-20-21-58-104-88)78-35-7-5-30-70(78)66-54-56-85-92(60-66)111-90-48-18-15-43-83(90)102(85)80-40-12-8-31-73(80)74-32-9-13-41-81(74)102/h1-61H. The van der Waals surface area contributed by atoms with Crippen LogP contribution in [0.3, 0.4) is 0 Å². The first kappa shape index (κ1) is 63.9. The third kappa shape index (κ3) is 9.76. The van der Waals surface area contributed by atoms with Crippen molar-refractivity contribution >= 4 is 21.9 Å². The van der Waals surface area contributed by atoms with E-state index in [4.69, 9.17) is 48.8 Å². The smallest absolute Gasteiger partial charge is 0.182 e. The largest absolute Gasteiger partial charge is 0.457 e. The van der Waals surface area contributed by atoms with Gasteiger partial charge in [-0.05, 0) is 132 Å². The topological polar surface area (TPSA) is 122 Å². The number of para-hydroxylation sites is 4. The molecule has 1 atom stereocenters. The maximum atomic E-state index is 7.23. The Balaban J connectivity index is 0.623. The molecule has 2 aliphatic carbocycles.